The predicted molar refractivity (Wildman–Crippen MR) is 11.6 cm³/mol. The first kappa shape index (κ1) is 1.38. The van der Waals surface area contributed by atoms with Crippen LogP contribution in [0.2, 0.25) is 0 Å². The van der Waals surface area contributed by atoms with Crippen LogP contribution < -0.4 is 0 Å². The van der Waals surface area contributed by atoms with Gasteiger partial charge in [-0.2, -0.15) is 5.06 Å². The Morgan fingerprint density at radius 1 is 2.00 bits per heavy atom. The highest BCUT2D eigenvalue weighted by Gasteiger charge is 2.54. The molecule has 0 radical (unpaired) electrons. The van der Waals surface area contributed by atoms with Crippen LogP contribution in [0.5, 0.6) is 0 Å². The molecule has 0 aromatic heterocycles. The fourth-order valence-electron chi connectivity index (χ4n) is 0.227. The van der Waals surface area contributed by atoms with E-state index in [2.05, 4.69) is 4.84 Å². The Bertz CT molecular complexity index is 42.0. The Kier molecular flexibility index (Phi) is 0.0592. The van der Waals surface area contributed by atoms with Gasteiger partial charge in [0.05, 0.1) is 6.54 Å². The standard InChI is InChI=1S/C2H3NO/c1-2-3(1)4-2/h2H,1H2. The summed E-state index contributed by atoms with van der Waals surface area (Å²) >= 11 is 0. The van der Waals surface area contributed by atoms with Gasteiger partial charge in [-0.3, -0.25) is 4.84 Å². The van der Waals surface area contributed by atoms with Crippen LogP contribution in [0.4, 0.5) is 0 Å². The Balaban J connectivity index is 2.48. The van der Waals surface area contributed by atoms with Gasteiger partial charge in [0.15, 0.2) is 6.23 Å². The van der Waals surface area contributed by atoms with Gasteiger partial charge in [-0.15, -0.1) is 0 Å². The molecule has 0 bridgehead atoms. The second kappa shape index (κ2) is 0.172. The van der Waals surface area contributed by atoms with Gasteiger partial charge >= 0.3 is 0 Å². The highest BCUT2D eigenvalue weighted by Crippen LogP contribution is 2.35. The van der Waals surface area contributed by atoms with E-state index in [0.29, 0.717) is 6.23 Å². The Morgan fingerprint density at radius 2 is 2.25 bits per heavy atom. The first-order chi connectivity index (χ1) is 1.97. The summed E-state index contributed by atoms with van der Waals surface area (Å²) in [5.41, 5.74) is 0. The van der Waals surface area contributed by atoms with E-state index in [1.54, 1.807) is 0 Å². The molecule has 0 N–H and O–H groups in total. The highest BCUT2D eigenvalue weighted by molar-refractivity contribution is 4.84. The zero-order valence-corrected chi connectivity index (χ0v) is 2.14. The van der Waals surface area contributed by atoms with Crippen LogP contribution in [0.25, 0.3) is 0 Å². The molecule has 0 aromatic rings. The third-order valence-electron chi connectivity index (χ3n) is 0.735. The maximum atomic E-state index is 4.64. The molecule has 2 aliphatic rings. The third kappa shape index (κ3) is 0.0259. The molecule has 0 amide bonds. The molecule has 0 aliphatic carbocycles. The van der Waals surface area contributed by atoms with E-state index < -0.39 is 0 Å². The van der Waals surface area contributed by atoms with Crippen molar-refractivity contribution in [3.63, 3.8) is 0 Å². The Labute approximate surface area is 23.9 Å². The van der Waals surface area contributed by atoms with Crippen molar-refractivity contribution in [2.75, 3.05) is 6.54 Å². The molecule has 4 heavy (non-hydrogen) atoms. The summed E-state index contributed by atoms with van der Waals surface area (Å²) in [6, 6.07) is 0. The van der Waals surface area contributed by atoms with Gasteiger partial charge in [0.1, 0.15) is 0 Å². The van der Waals surface area contributed by atoms with E-state index in [4.69, 9.17) is 0 Å². The topological polar surface area (TPSA) is 15.5 Å². The molecule has 2 heteroatoms. The summed E-state index contributed by atoms with van der Waals surface area (Å²) in [5.74, 6) is 0. The van der Waals surface area contributed by atoms with Crippen molar-refractivity contribution in [3.05, 3.63) is 0 Å². The quantitative estimate of drug-likeness (QED) is 0.351. The van der Waals surface area contributed by atoms with Gasteiger partial charge in [0.25, 0.3) is 0 Å². The smallest absolute Gasteiger partial charge is 0.169 e. The molecule has 2 heterocycles. The molecule has 2 aliphatic heterocycles. The van der Waals surface area contributed by atoms with Crippen LogP contribution in [0, 0.1) is 0 Å². The number of hydrogen-bond acceptors (Lipinski definition) is 2. The SMILES string of the molecule is C1C2ON12. The molecule has 2 unspecified atom stereocenters. The van der Waals surface area contributed by atoms with Crippen LogP contribution >= 0.6 is 0 Å². The maximum Gasteiger partial charge on any atom is 0.169 e. The fourth-order valence-corrected chi connectivity index (χ4v) is 0.227. The average molecular weight is 57.1 g/mol. The largest absolute Gasteiger partial charge is 0.273 e. The van der Waals surface area contributed by atoms with Crippen molar-refractivity contribution in [2.45, 2.75) is 6.23 Å². The van der Waals surface area contributed by atoms with Gasteiger partial charge in [-0.25, -0.2) is 0 Å². The molecular weight excluding hydrogens is 54.0 g/mol. The zero-order valence-electron chi connectivity index (χ0n) is 2.14. The second-order valence-electron chi connectivity index (χ2n) is 1.16. The van der Waals surface area contributed by atoms with E-state index in [9.17, 15) is 0 Å². The fraction of sp³-hybridized carbons (Fsp3) is 1.00. The van der Waals surface area contributed by atoms with Crippen molar-refractivity contribution < 1.29 is 4.84 Å². The average Bonchev–Trinajstić information content (AvgIpc) is 1.36. The third-order valence-corrected chi connectivity index (χ3v) is 0.735. The molecule has 0 aromatic carbocycles. The summed E-state index contributed by atoms with van der Waals surface area (Å²) in [5, 5.41) is 1.92. The minimum atomic E-state index is 0.583. The summed E-state index contributed by atoms with van der Waals surface area (Å²) in [7, 11) is 0. The first-order valence-electron chi connectivity index (χ1n) is 1.40. The zero-order chi connectivity index (χ0) is 2.57. The molecule has 0 spiro atoms. The van der Waals surface area contributed by atoms with E-state index in [-0.39, 0.29) is 0 Å². The molecule has 2 fully saturated rings. The molecule has 2 atom stereocenters. The van der Waals surface area contributed by atoms with E-state index in [1.165, 1.54) is 6.54 Å². The minimum Gasteiger partial charge on any atom is -0.273 e. The normalized spacial score (nSPS) is 66.0. The van der Waals surface area contributed by atoms with Crippen molar-refractivity contribution in [1.82, 2.24) is 5.06 Å². The van der Waals surface area contributed by atoms with Crippen LogP contribution in [0.15, 0.2) is 0 Å². The first-order valence-corrected chi connectivity index (χ1v) is 1.40. The molecule has 22 valence electrons. The van der Waals surface area contributed by atoms with Gasteiger partial charge < -0.3 is 0 Å². The van der Waals surface area contributed by atoms with Gasteiger partial charge in [-0.05, 0) is 0 Å². The second-order valence-corrected chi connectivity index (χ2v) is 1.16. The lowest BCUT2D eigenvalue weighted by atomic mass is 10.9. The monoisotopic (exact) mass is 57.0 g/mol. The lowest BCUT2D eigenvalue weighted by Crippen LogP contribution is -1.75. The molecule has 0 saturated carbocycles. The summed E-state index contributed by atoms with van der Waals surface area (Å²) in [6.45, 7) is 1.19. The van der Waals surface area contributed by atoms with Crippen molar-refractivity contribution in [3.8, 4) is 0 Å². The number of nitrogens with zero attached hydrogens (tertiary/aromatic N) is 1. The molecule has 2 saturated heterocycles. The molecule has 2 rings (SSSR count). The van der Waals surface area contributed by atoms with Crippen molar-refractivity contribution in [1.29, 1.82) is 0 Å². The number of hydrogen-bond donors (Lipinski definition) is 0. The van der Waals surface area contributed by atoms with Crippen molar-refractivity contribution in [2.24, 2.45) is 0 Å². The van der Waals surface area contributed by atoms with Crippen LogP contribution in [0.3, 0.4) is 0 Å². The van der Waals surface area contributed by atoms with E-state index >= 15 is 0 Å². The summed E-state index contributed by atoms with van der Waals surface area (Å²) in [4.78, 5) is 4.64. The highest BCUT2D eigenvalue weighted by atomic mass is 16.9. The van der Waals surface area contributed by atoms with Gasteiger partial charge in [0, 0.05) is 0 Å². The number of hydroxylamine groups is 2. The Morgan fingerprint density at radius 3 is 2.25 bits per heavy atom. The molecular formula is C2H3NO. The van der Waals surface area contributed by atoms with Gasteiger partial charge in [-0.1, -0.05) is 0 Å². The summed E-state index contributed by atoms with van der Waals surface area (Å²) < 4.78 is 0. The molecule has 2 nitrogen and oxygen atoms in total. The van der Waals surface area contributed by atoms with E-state index in [0.717, 1.165) is 0 Å². The minimum absolute atomic E-state index is 0.583. The number of rotatable bonds is 0. The predicted octanol–water partition coefficient (Wildman–Crippen LogP) is -0.427. The lowest BCUT2D eigenvalue weighted by Gasteiger charge is -1.65. The van der Waals surface area contributed by atoms with Gasteiger partial charge in [0.2, 0.25) is 0 Å². The van der Waals surface area contributed by atoms with Crippen molar-refractivity contribution >= 4 is 0 Å². The van der Waals surface area contributed by atoms with Crippen LogP contribution in [-0.2, 0) is 4.84 Å². The van der Waals surface area contributed by atoms with Crippen LogP contribution in [-0.4, -0.2) is 17.8 Å². The maximum absolute atomic E-state index is 4.64. The Hall–Kier alpha value is -0.0800. The van der Waals surface area contributed by atoms with Crippen LogP contribution in [0.1, 0.15) is 0 Å². The summed E-state index contributed by atoms with van der Waals surface area (Å²) in [6.07, 6.45) is 0.583. The van der Waals surface area contributed by atoms with E-state index in [1.807, 2.05) is 5.06 Å². The lowest BCUT2D eigenvalue weighted by molar-refractivity contribution is 0.164. The number of fused-ring (bicyclic) bond motifs is 1.